The molecule has 9 nitrogen and oxygen atoms in total. The van der Waals surface area contributed by atoms with E-state index in [0.29, 0.717) is 35.4 Å². The average Bonchev–Trinajstić information content (AvgIpc) is 3.49. The fourth-order valence-electron chi connectivity index (χ4n) is 4.44. The minimum Gasteiger partial charge on any atom is -0.376 e. The first-order valence-electron chi connectivity index (χ1n) is 11.1. The first-order valence-corrected chi connectivity index (χ1v) is 14.1. The Balaban J connectivity index is 1.53. The highest BCUT2D eigenvalue weighted by Gasteiger charge is 2.42. The third-order valence-corrected chi connectivity index (χ3v) is 9.28. The van der Waals surface area contributed by atoms with Gasteiger partial charge in [0.15, 0.2) is 9.84 Å². The molecule has 1 N–H and O–H groups in total. The van der Waals surface area contributed by atoms with Crippen LogP contribution in [0.4, 0.5) is 5.82 Å². The van der Waals surface area contributed by atoms with Crippen molar-refractivity contribution in [3.8, 4) is 0 Å². The minimum absolute atomic E-state index is 0.0358. The number of carbonyl (C=O) groups excluding carboxylic acids is 1. The van der Waals surface area contributed by atoms with Crippen molar-refractivity contribution in [2.45, 2.75) is 38.3 Å². The number of sulfone groups is 1. The number of hydrogen-bond donors (Lipinski definition) is 1. The lowest BCUT2D eigenvalue weighted by Crippen LogP contribution is -2.39. The van der Waals surface area contributed by atoms with E-state index in [9.17, 15) is 18.0 Å². The van der Waals surface area contributed by atoms with Gasteiger partial charge >= 0.3 is 0 Å². The summed E-state index contributed by atoms with van der Waals surface area (Å²) in [4.78, 5) is 33.0. The smallest absolute Gasteiger partial charge is 0.267 e. The summed E-state index contributed by atoms with van der Waals surface area (Å²) in [5.74, 6) is -0.0604. The van der Waals surface area contributed by atoms with Gasteiger partial charge in [0.1, 0.15) is 15.8 Å². The second kappa shape index (κ2) is 9.06. The molecule has 0 radical (unpaired) electrons. The lowest BCUT2D eigenvalue weighted by molar-refractivity contribution is -0.123. The highest BCUT2D eigenvalue weighted by Crippen LogP contribution is 2.36. The van der Waals surface area contributed by atoms with Crippen LogP contribution in [-0.4, -0.2) is 69.7 Å². The fraction of sp³-hybridized carbons (Fsp3) is 0.455. The van der Waals surface area contributed by atoms with Crippen molar-refractivity contribution in [2.75, 3.05) is 30.0 Å². The molecule has 2 aromatic rings. The predicted molar refractivity (Wildman–Crippen MR) is 136 cm³/mol. The molecule has 180 valence electrons. The summed E-state index contributed by atoms with van der Waals surface area (Å²) in [6, 6.07) is 3.18. The monoisotopic (exact) mass is 520 g/mol. The maximum Gasteiger partial charge on any atom is 0.267 e. The van der Waals surface area contributed by atoms with Crippen LogP contribution >= 0.6 is 24.0 Å². The first kappa shape index (κ1) is 23.5. The molecule has 3 aliphatic rings. The lowest BCUT2D eigenvalue weighted by Gasteiger charge is -2.20. The number of nitrogens with zero attached hydrogens (tertiary/aromatic N) is 3. The molecule has 2 atom stereocenters. The predicted octanol–water partition coefficient (Wildman–Crippen LogP) is 1.98. The number of anilines is 1. The summed E-state index contributed by atoms with van der Waals surface area (Å²) in [5.41, 5.74) is 1.33. The molecular weight excluding hydrogens is 496 g/mol. The number of amides is 1. The highest BCUT2D eigenvalue weighted by atomic mass is 32.2. The van der Waals surface area contributed by atoms with Crippen LogP contribution in [0.1, 0.15) is 30.4 Å². The molecule has 2 unspecified atom stereocenters. The van der Waals surface area contributed by atoms with Gasteiger partial charge < -0.3 is 10.1 Å². The maximum atomic E-state index is 13.5. The van der Waals surface area contributed by atoms with Crippen LogP contribution in [0.2, 0.25) is 0 Å². The highest BCUT2D eigenvalue weighted by molar-refractivity contribution is 8.26. The molecular formula is C22H24N4O5S3. The zero-order valence-electron chi connectivity index (χ0n) is 18.5. The van der Waals surface area contributed by atoms with Gasteiger partial charge in [0.2, 0.25) is 0 Å². The summed E-state index contributed by atoms with van der Waals surface area (Å²) in [6.07, 6.45) is 5.54. The zero-order valence-corrected chi connectivity index (χ0v) is 21.0. The molecule has 3 aliphatic heterocycles. The number of thiocarbonyl (C=S) groups is 1. The van der Waals surface area contributed by atoms with Gasteiger partial charge in [-0.05, 0) is 43.9 Å². The number of hydrogen-bond acceptors (Lipinski definition) is 9. The van der Waals surface area contributed by atoms with Gasteiger partial charge in [-0.1, -0.05) is 30.0 Å². The van der Waals surface area contributed by atoms with E-state index in [4.69, 9.17) is 17.0 Å². The number of pyridine rings is 1. The Morgan fingerprint density at radius 2 is 2.15 bits per heavy atom. The SMILES string of the molecule is Cc1ccc2nc(NCC3CCCO3)c(C=C3SC(=S)N(C4CCS(=O)(=O)C4)C3=O)c(=O)n2c1. The average molecular weight is 521 g/mol. The summed E-state index contributed by atoms with van der Waals surface area (Å²) in [5, 5.41) is 3.24. The Labute approximate surface area is 206 Å². The molecule has 2 aromatic heterocycles. The van der Waals surface area contributed by atoms with Crippen molar-refractivity contribution in [1.29, 1.82) is 0 Å². The van der Waals surface area contributed by atoms with E-state index < -0.39 is 15.9 Å². The Hall–Kier alpha value is -2.28. The van der Waals surface area contributed by atoms with Gasteiger partial charge in [-0.2, -0.15) is 0 Å². The van der Waals surface area contributed by atoms with Crippen molar-refractivity contribution in [3.63, 3.8) is 0 Å². The fourth-order valence-corrected chi connectivity index (χ4v) is 7.53. The van der Waals surface area contributed by atoms with Gasteiger partial charge in [0.05, 0.1) is 34.1 Å². The minimum atomic E-state index is -3.18. The van der Waals surface area contributed by atoms with Crippen LogP contribution in [0, 0.1) is 6.92 Å². The Morgan fingerprint density at radius 1 is 1.32 bits per heavy atom. The lowest BCUT2D eigenvalue weighted by atomic mass is 10.2. The van der Waals surface area contributed by atoms with Crippen molar-refractivity contribution in [2.24, 2.45) is 0 Å². The zero-order chi connectivity index (χ0) is 24.0. The third-order valence-electron chi connectivity index (χ3n) is 6.20. The normalized spacial score (nSPS) is 25.7. The number of aromatic nitrogens is 2. The van der Waals surface area contributed by atoms with E-state index >= 15 is 0 Å². The van der Waals surface area contributed by atoms with Gasteiger partial charge in [0, 0.05) is 19.3 Å². The molecule has 0 spiro atoms. The molecule has 1 amide bonds. The molecule has 5 rings (SSSR count). The molecule has 0 aromatic carbocycles. The number of nitrogens with one attached hydrogen (secondary N) is 1. The van der Waals surface area contributed by atoms with Crippen LogP contribution in [0.25, 0.3) is 11.7 Å². The quantitative estimate of drug-likeness (QED) is 0.467. The van der Waals surface area contributed by atoms with Gasteiger partial charge in [-0.25, -0.2) is 13.4 Å². The van der Waals surface area contributed by atoms with E-state index in [2.05, 4.69) is 10.3 Å². The molecule has 5 heterocycles. The number of thioether (sulfide) groups is 1. The number of aryl methyl sites for hydroxylation is 1. The Morgan fingerprint density at radius 3 is 2.85 bits per heavy atom. The van der Waals surface area contributed by atoms with Gasteiger partial charge in [-0.3, -0.25) is 18.9 Å². The maximum absolute atomic E-state index is 13.5. The number of fused-ring (bicyclic) bond motifs is 1. The summed E-state index contributed by atoms with van der Waals surface area (Å²) < 4.78 is 31.3. The Bertz CT molecular complexity index is 1380. The Kier molecular flexibility index (Phi) is 6.25. The number of rotatable bonds is 5. The molecule has 12 heteroatoms. The third kappa shape index (κ3) is 4.51. The largest absolute Gasteiger partial charge is 0.376 e. The van der Waals surface area contributed by atoms with E-state index in [-0.39, 0.29) is 39.5 Å². The van der Waals surface area contributed by atoms with Crippen LogP contribution in [-0.2, 0) is 19.4 Å². The van der Waals surface area contributed by atoms with E-state index in [0.717, 1.165) is 30.2 Å². The summed E-state index contributed by atoms with van der Waals surface area (Å²) in [7, 11) is -3.18. The molecule has 3 saturated heterocycles. The van der Waals surface area contributed by atoms with Crippen LogP contribution in [0.3, 0.4) is 0 Å². The summed E-state index contributed by atoms with van der Waals surface area (Å²) in [6.45, 7) is 3.10. The van der Waals surface area contributed by atoms with E-state index in [1.54, 1.807) is 12.3 Å². The van der Waals surface area contributed by atoms with E-state index in [1.807, 2.05) is 13.0 Å². The van der Waals surface area contributed by atoms with Crippen molar-refractivity contribution < 1.29 is 17.9 Å². The van der Waals surface area contributed by atoms with Gasteiger partial charge in [-0.15, -0.1) is 0 Å². The van der Waals surface area contributed by atoms with Crippen LogP contribution in [0.5, 0.6) is 0 Å². The van der Waals surface area contributed by atoms with Crippen molar-refractivity contribution in [1.82, 2.24) is 14.3 Å². The van der Waals surface area contributed by atoms with Gasteiger partial charge in [0.25, 0.3) is 11.5 Å². The standard InChI is InChI=1S/C22H24N4O5S3/c1-13-4-5-18-24-19(23-10-15-3-2-7-31-15)16(20(27)25(18)11-13)9-17-21(28)26(22(32)33-17)14-6-8-34(29,30)12-14/h4-5,9,11,14-15,23H,2-3,6-8,10,12H2,1H3. The molecule has 0 bridgehead atoms. The van der Waals surface area contributed by atoms with Crippen LogP contribution in [0.15, 0.2) is 28.0 Å². The second-order valence-corrected chi connectivity index (χ2v) is 12.6. The second-order valence-electron chi connectivity index (χ2n) is 8.74. The summed E-state index contributed by atoms with van der Waals surface area (Å²) >= 11 is 6.49. The van der Waals surface area contributed by atoms with Crippen LogP contribution < -0.4 is 10.9 Å². The topological polar surface area (TPSA) is 110 Å². The van der Waals surface area contributed by atoms with Crippen molar-refractivity contribution in [3.05, 3.63) is 44.7 Å². The molecule has 0 aliphatic carbocycles. The number of carbonyl (C=O) groups is 1. The molecule has 3 fully saturated rings. The molecule has 34 heavy (non-hydrogen) atoms. The molecule has 0 saturated carbocycles. The van der Waals surface area contributed by atoms with E-state index in [1.165, 1.54) is 15.4 Å². The van der Waals surface area contributed by atoms with Crippen molar-refractivity contribution >= 4 is 61.6 Å². The first-order chi connectivity index (χ1) is 16.2. The number of ether oxygens (including phenoxy) is 1.